The maximum Gasteiger partial charge on any atom is 0.151 e. The van der Waals surface area contributed by atoms with Gasteiger partial charge in [0.05, 0.1) is 12.5 Å². The summed E-state index contributed by atoms with van der Waals surface area (Å²) >= 11 is 5.16. The van der Waals surface area contributed by atoms with Gasteiger partial charge in [0.25, 0.3) is 0 Å². The predicted octanol–water partition coefficient (Wildman–Crippen LogP) is 2.82. The molecule has 0 amide bonds. The van der Waals surface area contributed by atoms with Gasteiger partial charge in [0.2, 0.25) is 0 Å². The molecular formula is C8H3ClF3N. The first kappa shape index (κ1) is 9.87. The SMILES string of the molecule is N#CCc1c(F)cc(F)c(Cl)c1F. The Morgan fingerprint density at radius 2 is 1.92 bits per heavy atom. The molecule has 0 unspecified atom stereocenters. The topological polar surface area (TPSA) is 23.8 Å². The Kier molecular flexibility index (Phi) is 2.79. The first-order valence-corrected chi connectivity index (χ1v) is 3.64. The minimum absolute atomic E-state index is 0.456. The third kappa shape index (κ3) is 1.76. The summed E-state index contributed by atoms with van der Waals surface area (Å²) < 4.78 is 38.3. The number of halogens is 4. The van der Waals surface area contributed by atoms with Crippen molar-refractivity contribution in [3.8, 4) is 6.07 Å². The average molecular weight is 206 g/mol. The third-order valence-corrected chi connectivity index (χ3v) is 1.81. The van der Waals surface area contributed by atoms with Crippen LogP contribution in [0.1, 0.15) is 5.56 Å². The summed E-state index contributed by atoms with van der Waals surface area (Å²) in [6.45, 7) is 0. The lowest BCUT2D eigenvalue weighted by Gasteiger charge is -2.02. The highest BCUT2D eigenvalue weighted by Gasteiger charge is 2.16. The van der Waals surface area contributed by atoms with Crippen LogP contribution in [0.5, 0.6) is 0 Å². The number of nitrogens with zero attached hydrogens (tertiary/aromatic N) is 1. The Labute approximate surface area is 77.4 Å². The van der Waals surface area contributed by atoms with E-state index in [9.17, 15) is 13.2 Å². The quantitative estimate of drug-likeness (QED) is 0.511. The van der Waals surface area contributed by atoms with Gasteiger partial charge in [-0.3, -0.25) is 0 Å². The fraction of sp³-hybridized carbons (Fsp3) is 0.125. The second-order valence-corrected chi connectivity index (χ2v) is 2.66. The number of hydrogen-bond donors (Lipinski definition) is 0. The van der Waals surface area contributed by atoms with Gasteiger partial charge in [-0.2, -0.15) is 5.26 Å². The minimum Gasteiger partial charge on any atom is -0.206 e. The molecule has 0 spiro atoms. The molecule has 13 heavy (non-hydrogen) atoms. The molecule has 0 aliphatic carbocycles. The van der Waals surface area contributed by atoms with Crippen molar-refractivity contribution in [1.29, 1.82) is 5.26 Å². The van der Waals surface area contributed by atoms with Crippen LogP contribution in [0, 0.1) is 28.8 Å². The molecule has 0 fully saturated rings. The van der Waals surface area contributed by atoms with Crippen LogP contribution in [0.25, 0.3) is 0 Å². The lowest BCUT2D eigenvalue weighted by Crippen LogP contribution is -1.97. The van der Waals surface area contributed by atoms with Crippen LogP contribution >= 0.6 is 11.6 Å². The van der Waals surface area contributed by atoms with Crippen molar-refractivity contribution in [2.45, 2.75) is 6.42 Å². The zero-order valence-electron chi connectivity index (χ0n) is 6.24. The fourth-order valence-corrected chi connectivity index (χ4v) is 1.01. The fourth-order valence-electron chi connectivity index (χ4n) is 0.845. The zero-order valence-corrected chi connectivity index (χ0v) is 7.00. The van der Waals surface area contributed by atoms with E-state index in [4.69, 9.17) is 16.9 Å². The summed E-state index contributed by atoms with van der Waals surface area (Å²) in [7, 11) is 0. The van der Waals surface area contributed by atoms with E-state index in [0.717, 1.165) is 0 Å². The number of hydrogen-bond acceptors (Lipinski definition) is 1. The molecule has 5 heteroatoms. The molecule has 0 bridgehead atoms. The molecule has 0 saturated heterocycles. The average Bonchev–Trinajstić information content (AvgIpc) is 2.09. The van der Waals surface area contributed by atoms with Gasteiger partial charge in [-0.1, -0.05) is 11.6 Å². The van der Waals surface area contributed by atoms with Gasteiger partial charge in [-0.05, 0) is 0 Å². The molecule has 1 rings (SSSR count). The van der Waals surface area contributed by atoms with Crippen molar-refractivity contribution in [3.05, 3.63) is 34.1 Å². The molecule has 68 valence electrons. The smallest absolute Gasteiger partial charge is 0.151 e. The molecule has 1 nitrogen and oxygen atoms in total. The van der Waals surface area contributed by atoms with E-state index in [1.54, 1.807) is 6.07 Å². The van der Waals surface area contributed by atoms with Crippen molar-refractivity contribution < 1.29 is 13.2 Å². The Bertz CT molecular complexity index is 384. The van der Waals surface area contributed by atoms with Crippen molar-refractivity contribution in [2.24, 2.45) is 0 Å². The third-order valence-electron chi connectivity index (χ3n) is 1.46. The summed E-state index contributed by atoms with van der Waals surface area (Å²) in [5.74, 6) is -3.47. The molecular weight excluding hydrogens is 203 g/mol. The van der Waals surface area contributed by atoms with Gasteiger partial charge in [0.1, 0.15) is 16.7 Å². The monoisotopic (exact) mass is 205 g/mol. The van der Waals surface area contributed by atoms with E-state index in [0.29, 0.717) is 6.07 Å². The summed E-state index contributed by atoms with van der Waals surface area (Å²) in [6.07, 6.45) is -0.475. The van der Waals surface area contributed by atoms with Crippen molar-refractivity contribution >= 4 is 11.6 Å². The predicted molar refractivity (Wildman–Crippen MR) is 40.6 cm³/mol. The molecule has 0 saturated carbocycles. The van der Waals surface area contributed by atoms with Gasteiger partial charge in [0.15, 0.2) is 5.82 Å². The molecule has 0 N–H and O–H groups in total. The molecule has 0 radical (unpaired) electrons. The highest BCUT2D eigenvalue weighted by atomic mass is 35.5. The Balaban J connectivity index is 3.36. The van der Waals surface area contributed by atoms with E-state index < -0.39 is 34.5 Å². The van der Waals surface area contributed by atoms with Crippen molar-refractivity contribution in [1.82, 2.24) is 0 Å². The first-order valence-electron chi connectivity index (χ1n) is 3.26. The maximum absolute atomic E-state index is 12.9. The minimum atomic E-state index is -1.21. The molecule has 0 aliphatic heterocycles. The maximum atomic E-state index is 12.9. The standard InChI is InChI=1S/C8H3ClF3N/c9-7-6(11)3-5(10)4(1-2-13)8(7)12/h3H,1H2. The summed E-state index contributed by atoms with van der Waals surface area (Å²) in [6, 6.07) is 2.01. The number of benzene rings is 1. The van der Waals surface area contributed by atoms with Crippen LogP contribution in [-0.2, 0) is 6.42 Å². The summed E-state index contributed by atoms with van der Waals surface area (Å²) in [5, 5.41) is 7.42. The molecule has 0 aliphatic rings. The molecule has 0 atom stereocenters. The van der Waals surface area contributed by atoms with Crippen molar-refractivity contribution in [2.75, 3.05) is 0 Å². The van der Waals surface area contributed by atoms with Crippen LogP contribution in [0.3, 0.4) is 0 Å². The van der Waals surface area contributed by atoms with Crippen molar-refractivity contribution in [3.63, 3.8) is 0 Å². The second kappa shape index (κ2) is 3.67. The van der Waals surface area contributed by atoms with E-state index in [1.165, 1.54) is 0 Å². The van der Waals surface area contributed by atoms with E-state index in [2.05, 4.69) is 0 Å². The normalized spacial score (nSPS) is 9.77. The van der Waals surface area contributed by atoms with E-state index in [-0.39, 0.29) is 0 Å². The molecule has 1 aromatic carbocycles. The van der Waals surface area contributed by atoms with Crippen LogP contribution in [-0.4, -0.2) is 0 Å². The highest BCUT2D eigenvalue weighted by Crippen LogP contribution is 2.24. The number of rotatable bonds is 1. The van der Waals surface area contributed by atoms with E-state index in [1.807, 2.05) is 0 Å². The van der Waals surface area contributed by atoms with Gasteiger partial charge in [-0.25, -0.2) is 13.2 Å². The second-order valence-electron chi connectivity index (χ2n) is 2.28. The lowest BCUT2D eigenvalue weighted by molar-refractivity contribution is 0.529. The number of nitriles is 1. The Morgan fingerprint density at radius 3 is 2.46 bits per heavy atom. The first-order chi connectivity index (χ1) is 6.07. The summed E-state index contributed by atoms with van der Waals surface area (Å²) in [4.78, 5) is 0. The lowest BCUT2D eigenvalue weighted by atomic mass is 10.1. The molecule has 0 heterocycles. The van der Waals surface area contributed by atoms with Gasteiger partial charge in [-0.15, -0.1) is 0 Å². The van der Waals surface area contributed by atoms with Gasteiger partial charge >= 0.3 is 0 Å². The zero-order chi connectivity index (χ0) is 10.0. The van der Waals surface area contributed by atoms with Crippen LogP contribution in [0.4, 0.5) is 13.2 Å². The van der Waals surface area contributed by atoms with Crippen LogP contribution in [0.2, 0.25) is 5.02 Å². The van der Waals surface area contributed by atoms with Gasteiger partial charge in [0, 0.05) is 11.6 Å². The van der Waals surface area contributed by atoms with Gasteiger partial charge < -0.3 is 0 Å². The molecule has 1 aromatic rings. The largest absolute Gasteiger partial charge is 0.206 e. The van der Waals surface area contributed by atoms with Crippen LogP contribution in [0.15, 0.2) is 6.07 Å². The Morgan fingerprint density at radius 1 is 1.31 bits per heavy atom. The highest BCUT2D eigenvalue weighted by molar-refractivity contribution is 6.30. The van der Waals surface area contributed by atoms with Crippen LogP contribution < -0.4 is 0 Å². The molecule has 0 aromatic heterocycles. The van der Waals surface area contributed by atoms with E-state index >= 15 is 0 Å². The summed E-state index contributed by atoms with van der Waals surface area (Å²) in [5.41, 5.74) is -0.506. The Hall–Kier alpha value is -1.21.